The Balaban J connectivity index is 2.20. The van der Waals surface area contributed by atoms with Gasteiger partial charge >= 0.3 is 5.97 Å². The minimum Gasteiger partial charge on any atom is -0.478 e. The lowest BCUT2D eigenvalue weighted by Gasteiger charge is -2.15. The van der Waals surface area contributed by atoms with Gasteiger partial charge in [0.15, 0.2) is 0 Å². The number of ether oxygens (including phenoxy) is 1. The van der Waals surface area contributed by atoms with E-state index in [4.69, 9.17) is 15.6 Å². The summed E-state index contributed by atoms with van der Waals surface area (Å²) in [4.78, 5) is 23.2. The zero-order valence-electron chi connectivity index (χ0n) is 10.6. The second kappa shape index (κ2) is 5.27. The van der Waals surface area contributed by atoms with Crippen molar-refractivity contribution in [3.05, 3.63) is 23.8 Å². The van der Waals surface area contributed by atoms with Crippen LogP contribution in [0.15, 0.2) is 18.2 Å². The number of hydrogen-bond acceptors (Lipinski definition) is 4. The summed E-state index contributed by atoms with van der Waals surface area (Å²) < 4.78 is 5.32. The van der Waals surface area contributed by atoms with Gasteiger partial charge in [-0.15, -0.1) is 0 Å². The highest BCUT2D eigenvalue weighted by atomic mass is 16.5. The smallest absolute Gasteiger partial charge is 0.337 e. The number of rotatable bonds is 3. The quantitative estimate of drug-likeness (QED) is 0.715. The van der Waals surface area contributed by atoms with Gasteiger partial charge in [0, 0.05) is 12.3 Å². The van der Waals surface area contributed by atoms with Crippen molar-refractivity contribution in [3.8, 4) is 0 Å². The molecule has 2 rings (SSSR count). The summed E-state index contributed by atoms with van der Waals surface area (Å²) in [6.45, 7) is 2.37. The van der Waals surface area contributed by atoms with Gasteiger partial charge in [0.05, 0.1) is 23.3 Å². The van der Waals surface area contributed by atoms with Crippen LogP contribution in [0.1, 0.15) is 23.7 Å². The van der Waals surface area contributed by atoms with Crippen LogP contribution in [-0.4, -0.2) is 29.7 Å². The van der Waals surface area contributed by atoms with E-state index in [0.717, 1.165) is 0 Å². The molecule has 19 heavy (non-hydrogen) atoms. The summed E-state index contributed by atoms with van der Waals surface area (Å²) >= 11 is 0. The molecule has 1 fully saturated rings. The summed E-state index contributed by atoms with van der Waals surface area (Å²) in [5.74, 6) is -1.60. The van der Waals surface area contributed by atoms with Gasteiger partial charge in [-0.25, -0.2) is 4.79 Å². The molecule has 102 valence electrons. The Morgan fingerprint density at radius 3 is 2.79 bits per heavy atom. The van der Waals surface area contributed by atoms with Crippen molar-refractivity contribution in [1.29, 1.82) is 0 Å². The van der Waals surface area contributed by atoms with E-state index in [1.165, 1.54) is 18.2 Å². The van der Waals surface area contributed by atoms with Crippen molar-refractivity contribution >= 4 is 23.3 Å². The normalized spacial score (nSPS) is 22.2. The maximum absolute atomic E-state index is 12.1. The molecule has 1 heterocycles. The Hall–Kier alpha value is -2.08. The number of amides is 1. The van der Waals surface area contributed by atoms with Gasteiger partial charge in [0.25, 0.3) is 0 Å². The monoisotopic (exact) mass is 264 g/mol. The Morgan fingerprint density at radius 1 is 1.47 bits per heavy atom. The molecule has 0 spiro atoms. The van der Waals surface area contributed by atoms with Crippen molar-refractivity contribution < 1.29 is 19.4 Å². The molecule has 4 N–H and O–H groups in total. The van der Waals surface area contributed by atoms with E-state index in [9.17, 15) is 9.59 Å². The van der Waals surface area contributed by atoms with Gasteiger partial charge in [-0.2, -0.15) is 0 Å². The number of carboxylic acids is 1. The van der Waals surface area contributed by atoms with E-state index in [-0.39, 0.29) is 29.2 Å². The lowest BCUT2D eigenvalue weighted by molar-refractivity contribution is -0.121. The number of carboxylic acid groups (broad SMARTS) is 1. The van der Waals surface area contributed by atoms with Crippen LogP contribution in [0.25, 0.3) is 0 Å². The Labute approximate surface area is 110 Å². The molecule has 1 saturated heterocycles. The van der Waals surface area contributed by atoms with E-state index in [2.05, 4.69) is 5.32 Å². The summed E-state index contributed by atoms with van der Waals surface area (Å²) in [5, 5.41) is 11.7. The molecule has 2 atom stereocenters. The molecule has 0 bridgehead atoms. The zero-order chi connectivity index (χ0) is 14.0. The standard InChI is InChI=1S/C13H16N2O4/c1-7-9(4-5-19-7)12(16)15-11-6-8(14)2-3-10(11)13(17)18/h2-3,6-7,9H,4-5,14H2,1H3,(H,15,16)(H,17,18). The zero-order valence-corrected chi connectivity index (χ0v) is 10.6. The highest BCUT2D eigenvalue weighted by Crippen LogP contribution is 2.24. The first-order valence-corrected chi connectivity index (χ1v) is 6.04. The van der Waals surface area contributed by atoms with Crippen LogP contribution in [0.2, 0.25) is 0 Å². The van der Waals surface area contributed by atoms with Gasteiger partial charge in [-0.3, -0.25) is 4.79 Å². The van der Waals surface area contributed by atoms with Crippen LogP contribution in [0.3, 0.4) is 0 Å². The van der Waals surface area contributed by atoms with E-state index in [1.54, 1.807) is 0 Å². The molecule has 0 aliphatic carbocycles. The predicted molar refractivity (Wildman–Crippen MR) is 70.0 cm³/mol. The first-order chi connectivity index (χ1) is 8.99. The maximum Gasteiger partial charge on any atom is 0.337 e. The first kappa shape index (κ1) is 13.4. The second-order valence-corrected chi connectivity index (χ2v) is 4.57. The summed E-state index contributed by atoms with van der Waals surface area (Å²) in [6.07, 6.45) is 0.479. The molecule has 0 saturated carbocycles. The highest BCUT2D eigenvalue weighted by molar-refractivity contribution is 6.02. The molecule has 6 heteroatoms. The number of aromatic carboxylic acids is 1. The minimum absolute atomic E-state index is 0.0223. The van der Waals surface area contributed by atoms with Gasteiger partial charge in [-0.1, -0.05) is 0 Å². The van der Waals surface area contributed by atoms with Crippen LogP contribution in [0.4, 0.5) is 11.4 Å². The average molecular weight is 264 g/mol. The molecule has 6 nitrogen and oxygen atoms in total. The van der Waals surface area contributed by atoms with Gasteiger partial charge in [-0.05, 0) is 31.5 Å². The number of anilines is 2. The van der Waals surface area contributed by atoms with Crippen LogP contribution in [0.5, 0.6) is 0 Å². The fourth-order valence-corrected chi connectivity index (χ4v) is 2.15. The molecule has 1 aliphatic rings. The molecular weight excluding hydrogens is 248 g/mol. The molecule has 0 radical (unpaired) electrons. The van der Waals surface area contributed by atoms with Crippen molar-refractivity contribution in [2.45, 2.75) is 19.4 Å². The third kappa shape index (κ3) is 2.85. The number of carbonyl (C=O) groups excluding carboxylic acids is 1. The number of hydrogen-bond donors (Lipinski definition) is 3. The topological polar surface area (TPSA) is 102 Å². The summed E-state index contributed by atoms with van der Waals surface area (Å²) in [5.41, 5.74) is 6.26. The van der Waals surface area contributed by atoms with Crippen molar-refractivity contribution in [2.75, 3.05) is 17.7 Å². The summed E-state index contributed by atoms with van der Waals surface area (Å²) in [6, 6.07) is 4.31. The third-order valence-electron chi connectivity index (χ3n) is 3.24. The Bertz CT molecular complexity index is 515. The van der Waals surface area contributed by atoms with Crippen LogP contribution in [0, 0.1) is 5.92 Å². The predicted octanol–water partition coefficient (Wildman–Crippen LogP) is 1.33. The molecule has 1 aromatic carbocycles. The van der Waals surface area contributed by atoms with Gasteiger partial charge in [0.1, 0.15) is 0 Å². The molecule has 1 amide bonds. The number of nitrogens with two attached hydrogens (primary N) is 1. The fourth-order valence-electron chi connectivity index (χ4n) is 2.15. The number of benzene rings is 1. The van der Waals surface area contributed by atoms with E-state index >= 15 is 0 Å². The molecular formula is C13H16N2O4. The number of nitrogens with one attached hydrogen (secondary N) is 1. The molecule has 1 aromatic rings. The van der Waals surface area contributed by atoms with Crippen LogP contribution in [-0.2, 0) is 9.53 Å². The summed E-state index contributed by atoms with van der Waals surface area (Å²) in [7, 11) is 0. The van der Waals surface area contributed by atoms with Gasteiger partial charge in [0.2, 0.25) is 5.91 Å². The average Bonchev–Trinajstić information content (AvgIpc) is 2.75. The fraction of sp³-hybridized carbons (Fsp3) is 0.385. The lowest BCUT2D eigenvalue weighted by atomic mass is 10.0. The van der Waals surface area contributed by atoms with Crippen LogP contribution < -0.4 is 11.1 Å². The van der Waals surface area contributed by atoms with Gasteiger partial charge < -0.3 is 20.9 Å². The van der Waals surface area contributed by atoms with E-state index in [0.29, 0.717) is 18.7 Å². The highest BCUT2D eigenvalue weighted by Gasteiger charge is 2.31. The maximum atomic E-state index is 12.1. The molecule has 1 aliphatic heterocycles. The third-order valence-corrected chi connectivity index (χ3v) is 3.24. The minimum atomic E-state index is -1.11. The largest absolute Gasteiger partial charge is 0.478 e. The first-order valence-electron chi connectivity index (χ1n) is 6.04. The SMILES string of the molecule is CC1OCCC1C(=O)Nc1cc(N)ccc1C(=O)O. The van der Waals surface area contributed by atoms with Crippen molar-refractivity contribution in [3.63, 3.8) is 0 Å². The second-order valence-electron chi connectivity index (χ2n) is 4.57. The van der Waals surface area contributed by atoms with E-state index in [1.807, 2.05) is 6.92 Å². The number of carbonyl (C=O) groups is 2. The number of nitrogen functional groups attached to an aromatic ring is 1. The van der Waals surface area contributed by atoms with Crippen molar-refractivity contribution in [1.82, 2.24) is 0 Å². The van der Waals surface area contributed by atoms with E-state index < -0.39 is 5.97 Å². The lowest BCUT2D eigenvalue weighted by Crippen LogP contribution is -2.28. The molecule has 2 unspecified atom stereocenters. The Kier molecular flexibility index (Phi) is 3.71. The van der Waals surface area contributed by atoms with Crippen molar-refractivity contribution in [2.24, 2.45) is 5.92 Å². The Morgan fingerprint density at radius 2 is 2.21 bits per heavy atom. The van der Waals surface area contributed by atoms with Crippen LogP contribution >= 0.6 is 0 Å². The molecule has 0 aromatic heterocycles.